The number of para-hydroxylation sites is 1. The number of nitrogens with zero attached hydrogens (tertiary/aromatic N) is 1. The highest BCUT2D eigenvalue weighted by Gasteiger charge is 2.35. The fourth-order valence-electron chi connectivity index (χ4n) is 4.20. The Morgan fingerprint density at radius 3 is 2.62 bits per heavy atom. The molecule has 1 unspecified atom stereocenters. The SMILES string of the molecule is COc1ccc(S(=O)(=O)N2CCCOC2CNC(=O)C(=O)NCCc2c[nH]c3ccccc23)cc1OC. The number of hydrogen-bond donors (Lipinski definition) is 3. The molecular formula is C25H30N4O7S. The third-order valence-corrected chi connectivity index (χ3v) is 8.00. The number of sulfonamides is 1. The van der Waals surface area contributed by atoms with E-state index in [9.17, 15) is 18.0 Å². The number of methoxy groups -OCH3 is 2. The second-order valence-corrected chi connectivity index (χ2v) is 10.3. The lowest BCUT2D eigenvalue weighted by Crippen LogP contribution is -2.53. The summed E-state index contributed by atoms with van der Waals surface area (Å²) in [6.07, 6.45) is 1.96. The minimum absolute atomic E-state index is 0.00185. The molecule has 1 fully saturated rings. The summed E-state index contributed by atoms with van der Waals surface area (Å²) in [5, 5.41) is 6.15. The van der Waals surface area contributed by atoms with Crippen molar-refractivity contribution in [3.8, 4) is 11.5 Å². The molecule has 2 aromatic carbocycles. The Kier molecular flexibility index (Phi) is 8.31. The maximum atomic E-state index is 13.3. The first-order chi connectivity index (χ1) is 17.8. The van der Waals surface area contributed by atoms with Crippen molar-refractivity contribution in [1.29, 1.82) is 0 Å². The number of fused-ring (bicyclic) bond motifs is 1. The number of nitrogens with one attached hydrogen (secondary N) is 3. The van der Waals surface area contributed by atoms with Gasteiger partial charge in [-0.3, -0.25) is 9.59 Å². The summed E-state index contributed by atoms with van der Waals surface area (Å²) in [5.41, 5.74) is 2.03. The van der Waals surface area contributed by atoms with Crippen LogP contribution >= 0.6 is 0 Å². The molecule has 1 aliphatic rings. The van der Waals surface area contributed by atoms with Crippen molar-refractivity contribution < 1.29 is 32.2 Å². The molecule has 2 amide bonds. The molecule has 1 aromatic heterocycles. The first kappa shape index (κ1) is 26.5. The number of carbonyl (C=O) groups excluding carboxylic acids is 2. The monoisotopic (exact) mass is 530 g/mol. The molecule has 4 rings (SSSR count). The van der Waals surface area contributed by atoms with Crippen molar-refractivity contribution in [2.24, 2.45) is 0 Å². The number of amides is 2. The van der Waals surface area contributed by atoms with Crippen molar-refractivity contribution >= 4 is 32.7 Å². The molecule has 11 nitrogen and oxygen atoms in total. The number of benzene rings is 2. The second-order valence-electron chi connectivity index (χ2n) is 8.39. The summed E-state index contributed by atoms with van der Waals surface area (Å²) < 4.78 is 43.9. The number of ether oxygens (including phenoxy) is 3. The van der Waals surface area contributed by atoms with Gasteiger partial charge >= 0.3 is 11.8 Å². The quantitative estimate of drug-likeness (QED) is 0.356. The van der Waals surface area contributed by atoms with Gasteiger partial charge in [-0.25, -0.2) is 8.42 Å². The molecule has 2 heterocycles. The van der Waals surface area contributed by atoms with Gasteiger partial charge in [-0.1, -0.05) is 18.2 Å². The summed E-state index contributed by atoms with van der Waals surface area (Å²) in [6, 6.07) is 12.1. The van der Waals surface area contributed by atoms with Gasteiger partial charge in [0.25, 0.3) is 0 Å². The van der Waals surface area contributed by atoms with Crippen LogP contribution in [0.25, 0.3) is 10.9 Å². The minimum atomic E-state index is -3.98. The number of H-pyrrole nitrogens is 1. The largest absolute Gasteiger partial charge is 0.493 e. The van der Waals surface area contributed by atoms with Crippen molar-refractivity contribution in [1.82, 2.24) is 19.9 Å². The molecule has 0 aliphatic carbocycles. The lowest BCUT2D eigenvalue weighted by Gasteiger charge is -2.34. The first-order valence-electron chi connectivity index (χ1n) is 11.8. The highest BCUT2D eigenvalue weighted by molar-refractivity contribution is 7.89. The minimum Gasteiger partial charge on any atom is -0.493 e. The van der Waals surface area contributed by atoms with Crippen molar-refractivity contribution in [3.05, 3.63) is 54.2 Å². The van der Waals surface area contributed by atoms with E-state index in [0.717, 1.165) is 16.5 Å². The lowest BCUT2D eigenvalue weighted by molar-refractivity contribution is -0.140. The Morgan fingerprint density at radius 1 is 1.08 bits per heavy atom. The summed E-state index contributed by atoms with van der Waals surface area (Å²) in [5.74, 6) is -0.993. The van der Waals surface area contributed by atoms with Gasteiger partial charge in [0.15, 0.2) is 11.5 Å². The predicted molar refractivity (Wildman–Crippen MR) is 136 cm³/mol. The highest BCUT2D eigenvalue weighted by atomic mass is 32.2. The van der Waals surface area contributed by atoms with Gasteiger partial charge < -0.3 is 29.8 Å². The molecule has 0 radical (unpaired) electrons. The van der Waals surface area contributed by atoms with Crippen LogP contribution in [0.4, 0.5) is 0 Å². The predicted octanol–water partition coefficient (Wildman–Crippen LogP) is 1.40. The van der Waals surface area contributed by atoms with Gasteiger partial charge in [0, 0.05) is 36.3 Å². The topological polar surface area (TPSA) is 139 Å². The Bertz CT molecular complexity index is 1370. The molecule has 0 bridgehead atoms. The molecule has 3 aromatic rings. The van der Waals surface area contributed by atoms with E-state index >= 15 is 0 Å². The van der Waals surface area contributed by atoms with Gasteiger partial charge in [0.05, 0.1) is 32.3 Å². The van der Waals surface area contributed by atoms with E-state index in [1.807, 2.05) is 30.5 Å². The number of hydrogen-bond acceptors (Lipinski definition) is 7. The van der Waals surface area contributed by atoms with Crippen LogP contribution in [0.5, 0.6) is 11.5 Å². The van der Waals surface area contributed by atoms with Crippen LogP contribution in [-0.2, 0) is 30.8 Å². The molecule has 1 saturated heterocycles. The van der Waals surface area contributed by atoms with Crippen LogP contribution in [0.2, 0.25) is 0 Å². The second kappa shape index (κ2) is 11.6. The van der Waals surface area contributed by atoms with E-state index in [1.165, 1.54) is 36.7 Å². The maximum absolute atomic E-state index is 13.3. The lowest BCUT2D eigenvalue weighted by atomic mass is 10.1. The van der Waals surface area contributed by atoms with Crippen molar-refractivity contribution in [2.45, 2.75) is 24.0 Å². The van der Waals surface area contributed by atoms with Crippen LogP contribution in [0.1, 0.15) is 12.0 Å². The fourth-order valence-corrected chi connectivity index (χ4v) is 5.79. The van der Waals surface area contributed by atoms with Crippen LogP contribution < -0.4 is 20.1 Å². The van der Waals surface area contributed by atoms with Gasteiger partial charge in [-0.15, -0.1) is 0 Å². The standard InChI is InChI=1S/C25H30N4O7S/c1-34-21-9-8-18(14-22(21)35-2)37(32,33)29-12-5-13-36-23(29)16-28-25(31)24(30)26-11-10-17-15-27-20-7-4-3-6-19(17)20/h3-4,6-9,14-15,23,27H,5,10-13,16H2,1-2H3,(H,26,30)(H,28,31). The smallest absolute Gasteiger partial charge is 0.309 e. The Labute approximate surface area is 215 Å². The molecule has 1 aliphatic heterocycles. The molecule has 37 heavy (non-hydrogen) atoms. The Balaban J connectivity index is 1.34. The van der Waals surface area contributed by atoms with Gasteiger partial charge in [-0.05, 0) is 36.6 Å². The highest BCUT2D eigenvalue weighted by Crippen LogP contribution is 2.31. The molecule has 0 spiro atoms. The van der Waals surface area contributed by atoms with Crippen LogP contribution in [0.3, 0.4) is 0 Å². The normalized spacial score (nSPS) is 16.3. The average Bonchev–Trinajstić information content (AvgIpc) is 3.34. The average molecular weight is 531 g/mol. The van der Waals surface area contributed by atoms with Crippen molar-refractivity contribution in [2.75, 3.05) is 40.5 Å². The van der Waals surface area contributed by atoms with Gasteiger partial charge in [-0.2, -0.15) is 4.31 Å². The third kappa shape index (κ3) is 5.87. The summed E-state index contributed by atoms with van der Waals surface area (Å²) >= 11 is 0. The number of aromatic amines is 1. The van der Waals surface area contributed by atoms with Crippen molar-refractivity contribution in [3.63, 3.8) is 0 Å². The molecular weight excluding hydrogens is 500 g/mol. The first-order valence-corrected chi connectivity index (χ1v) is 13.3. The number of rotatable bonds is 9. The molecule has 12 heteroatoms. The van der Waals surface area contributed by atoms with Gasteiger partial charge in [0.2, 0.25) is 10.0 Å². The molecule has 1 atom stereocenters. The van der Waals surface area contributed by atoms with Crippen LogP contribution in [-0.4, -0.2) is 76.2 Å². The summed E-state index contributed by atoms with van der Waals surface area (Å²) in [6.45, 7) is 0.623. The molecule has 0 saturated carbocycles. The third-order valence-electron chi connectivity index (χ3n) is 6.11. The van der Waals surface area contributed by atoms with Gasteiger partial charge in [0.1, 0.15) is 6.23 Å². The van der Waals surface area contributed by atoms with E-state index < -0.39 is 28.1 Å². The van der Waals surface area contributed by atoms with E-state index in [-0.39, 0.29) is 30.3 Å². The molecule has 198 valence electrons. The van der Waals surface area contributed by atoms with Crippen LogP contribution in [0.15, 0.2) is 53.6 Å². The van der Waals surface area contributed by atoms with E-state index in [2.05, 4.69) is 15.6 Å². The van der Waals surface area contributed by atoms with E-state index in [1.54, 1.807) is 0 Å². The Morgan fingerprint density at radius 2 is 1.84 bits per heavy atom. The zero-order chi connectivity index (χ0) is 26.4. The Hall–Kier alpha value is -3.61. The number of aromatic nitrogens is 1. The zero-order valence-electron chi connectivity index (χ0n) is 20.7. The summed E-state index contributed by atoms with van der Waals surface area (Å²) in [4.78, 5) is 27.9. The van der Waals surface area contributed by atoms with Crippen LogP contribution in [0, 0.1) is 0 Å². The molecule has 3 N–H and O–H groups in total. The van der Waals surface area contributed by atoms with E-state index in [0.29, 0.717) is 25.2 Å². The number of carbonyl (C=O) groups is 2. The maximum Gasteiger partial charge on any atom is 0.309 e. The zero-order valence-corrected chi connectivity index (χ0v) is 21.5. The van der Waals surface area contributed by atoms with E-state index in [4.69, 9.17) is 14.2 Å². The summed E-state index contributed by atoms with van der Waals surface area (Å²) in [7, 11) is -1.10. The fraction of sp³-hybridized carbons (Fsp3) is 0.360.